The number of carbonyl (C=O) groups excluding carboxylic acids is 2. The third-order valence-corrected chi connectivity index (χ3v) is 6.38. The first-order chi connectivity index (χ1) is 18.2. The second kappa shape index (κ2) is 10.1. The Morgan fingerprint density at radius 1 is 1.08 bits per heavy atom. The van der Waals surface area contributed by atoms with E-state index in [0.29, 0.717) is 49.4 Å². The zero-order chi connectivity index (χ0) is 27.0. The molecule has 2 aliphatic heterocycles. The average Bonchev–Trinajstić information content (AvgIpc) is 3.50. The van der Waals surface area contributed by atoms with E-state index in [-0.39, 0.29) is 24.2 Å². The molecule has 198 valence electrons. The number of urea groups is 1. The van der Waals surface area contributed by atoms with Crippen LogP contribution in [0.15, 0.2) is 35.7 Å². The summed E-state index contributed by atoms with van der Waals surface area (Å²) in [4.78, 5) is 36.3. The Kier molecular flexibility index (Phi) is 6.70. The summed E-state index contributed by atoms with van der Waals surface area (Å²) in [6, 6.07) is 2.19. The van der Waals surface area contributed by atoms with Gasteiger partial charge in [0.05, 0.1) is 17.9 Å². The van der Waals surface area contributed by atoms with Crippen LogP contribution in [0.2, 0.25) is 0 Å². The molecule has 1 atom stereocenters. The number of aromatic nitrogens is 4. The topological polar surface area (TPSA) is 126 Å². The van der Waals surface area contributed by atoms with E-state index >= 15 is 0 Å². The van der Waals surface area contributed by atoms with E-state index in [1.54, 1.807) is 18.0 Å². The molecule has 5 rings (SSSR count). The Bertz CT molecular complexity index is 1400. The first kappa shape index (κ1) is 25.2. The van der Waals surface area contributed by atoms with E-state index in [4.69, 9.17) is 5.73 Å². The molecule has 1 aromatic carbocycles. The first-order valence-corrected chi connectivity index (χ1v) is 11.9. The van der Waals surface area contributed by atoms with Crippen LogP contribution in [0.25, 0.3) is 11.3 Å². The minimum absolute atomic E-state index is 0.0401. The van der Waals surface area contributed by atoms with E-state index in [9.17, 15) is 22.8 Å². The molecule has 2 N–H and O–H groups in total. The van der Waals surface area contributed by atoms with Crippen molar-refractivity contribution in [2.75, 3.05) is 31.1 Å². The Balaban J connectivity index is 1.28. The summed E-state index contributed by atoms with van der Waals surface area (Å²) in [5.74, 6) is -2.38. The zero-order valence-corrected chi connectivity index (χ0v) is 20.4. The Morgan fingerprint density at radius 3 is 2.47 bits per heavy atom. The van der Waals surface area contributed by atoms with Crippen molar-refractivity contribution >= 4 is 24.1 Å². The van der Waals surface area contributed by atoms with Crippen LogP contribution in [-0.4, -0.2) is 74.0 Å². The number of hydrazone groups is 1. The van der Waals surface area contributed by atoms with Gasteiger partial charge in [-0.15, -0.1) is 0 Å². The molecule has 3 aromatic rings. The number of carbonyl (C=O) groups is 2. The number of piperazine rings is 1. The van der Waals surface area contributed by atoms with Crippen LogP contribution in [0.4, 0.5) is 23.9 Å². The van der Waals surface area contributed by atoms with Gasteiger partial charge < -0.3 is 15.5 Å². The minimum Gasteiger partial charge on any atom is -0.368 e. The Morgan fingerprint density at radius 2 is 1.79 bits per heavy atom. The largest absolute Gasteiger partial charge is 0.368 e. The Hall–Kier alpha value is -4.49. The number of halogens is 3. The number of nitrogens with two attached hydrogens (primary N) is 1. The molecule has 4 heterocycles. The van der Waals surface area contributed by atoms with Crippen molar-refractivity contribution < 1.29 is 22.8 Å². The maximum absolute atomic E-state index is 14.7. The number of benzene rings is 1. The van der Waals surface area contributed by atoms with Gasteiger partial charge in [-0.3, -0.25) is 9.48 Å². The predicted octanol–water partition coefficient (Wildman–Crippen LogP) is 2.23. The van der Waals surface area contributed by atoms with Crippen LogP contribution in [0.1, 0.15) is 23.7 Å². The molecular formula is C24H24F3N9O2. The summed E-state index contributed by atoms with van der Waals surface area (Å²) in [5.41, 5.74) is 6.47. The molecule has 38 heavy (non-hydrogen) atoms. The van der Waals surface area contributed by atoms with Gasteiger partial charge >= 0.3 is 6.03 Å². The fraction of sp³-hybridized carbons (Fsp3) is 0.333. The Labute approximate surface area is 215 Å². The van der Waals surface area contributed by atoms with E-state index in [1.807, 2.05) is 4.90 Å². The molecule has 14 heteroatoms. The molecule has 2 aliphatic rings. The van der Waals surface area contributed by atoms with Gasteiger partial charge in [0, 0.05) is 56.6 Å². The lowest BCUT2D eigenvalue weighted by atomic mass is 10.0. The second-order valence-electron chi connectivity index (χ2n) is 9.01. The van der Waals surface area contributed by atoms with Crippen LogP contribution >= 0.6 is 0 Å². The van der Waals surface area contributed by atoms with Gasteiger partial charge in [-0.1, -0.05) is 0 Å². The summed E-state index contributed by atoms with van der Waals surface area (Å²) < 4.78 is 43.5. The summed E-state index contributed by atoms with van der Waals surface area (Å²) in [7, 11) is 0. The maximum atomic E-state index is 14.7. The van der Waals surface area contributed by atoms with E-state index in [2.05, 4.69) is 20.2 Å². The van der Waals surface area contributed by atoms with Crippen molar-refractivity contribution in [3.8, 4) is 11.3 Å². The molecule has 0 aliphatic carbocycles. The van der Waals surface area contributed by atoms with Crippen molar-refractivity contribution in [1.29, 1.82) is 0 Å². The van der Waals surface area contributed by atoms with Crippen molar-refractivity contribution in [2.45, 2.75) is 25.9 Å². The second-order valence-corrected chi connectivity index (χ2v) is 9.01. The fourth-order valence-electron chi connectivity index (χ4n) is 4.58. The average molecular weight is 528 g/mol. The van der Waals surface area contributed by atoms with Gasteiger partial charge in [0.15, 0.2) is 5.82 Å². The third kappa shape index (κ3) is 5.01. The number of nitrogens with zero attached hydrogens (tertiary/aromatic N) is 8. The lowest BCUT2D eigenvalue weighted by Gasteiger charge is -2.37. The highest BCUT2D eigenvalue weighted by Gasteiger charge is 2.34. The number of aryl methyl sites for hydroxylation is 1. The fourth-order valence-corrected chi connectivity index (χ4v) is 4.58. The van der Waals surface area contributed by atoms with Gasteiger partial charge in [-0.2, -0.15) is 10.2 Å². The molecule has 11 nitrogen and oxygen atoms in total. The van der Waals surface area contributed by atoms with Gasteiger partial charge in [-0.25, -0.2) is 32.9 Å². The number of hydrogen-bond donors (Lipinski definition) is 1. The van der Waals surface area contributed by atoms with E-state index in [1.165, 1.54) is 28.0 Å². The third-order valence-electron chi connectivity index (χ3n) is 6.38. The molecular weight excluding hydrogens is 503 g/mol. The van der Waals surface area contributed by atoms with Gasteiger partial charge in [0.2, 0.25) is 11.9 Å². The maximum Gasteiger partial charge on any atom is 0.341 e. The van der Waals surface area contributed by atoms with Crippen molar-refractivity contribution in [3.63, 3.8) is 0 Å². The molecule has 1 fully saturated rings. The van der Waals surface area contributed by atoms with Gasteiger partial charge in [-0.05, 0) is 24.6 Å². The number of amides is 3. The van der Waals surface area contributed by atoms with E-state index < -0.39 is 29.4 Å². The van der Waals surface area contributed by atoms with Crippen molar-refractivity contribution in [1.82, 2.24) is 29.7 Å². The summed E-state index contributed by atoms with van der Waals surface area (Å²) in [6.45, 7) is 2.87. The number of primary amides is 1. The molecule has 0 unspecified atom stereocenters. The van der Waals surface area contributed by atoms with Crippen molar-refractivity contribution in [2.24, 2.45) is 10.8 Å². The number of rotatable bonds is 5. The molecule has 3 amide bonds. The standard InChI is InChI=1S/C24H24F3N9O2/c1-14-18(12-35(32-14)13-21(28)37)22-19(27)11-29-23(31-22)33-4-6-34(7-5-33)24(38)36-20(2-3-30-36)15-8-16(25)10-17(26)9-15/h3,8-12,20H,2,4-7,13H2,1H3,(H2,28,37)/t20-/m0/s1. The summed E-state index contributed by atoms with van der Waals surface area (Å²) >= 11 is 0. The lowest BCUT2D eigenvalue weighted by molar-refractivity contribution is -0.118. The van der Waals surface area contributed by atoms with E-state index in [0.717, 1.165) is 12.3 Å². The van der Waals surface area contributed by atoms with Crippen LogP contribution in [0.5, 0.6) is 0 Å². The van der Waals surface area contributed by atoms with Crippen LogP contribution in [0, 0.1) is 24.4 Å². The SMILES string of the molecule is Cc1nn(CC(N)=O)cc1-c1nc(N2CCN(C(=O)N3N=CC[C@H]3c3cc(F)cc(F)c3)CC2)ncc1F. The quantitative estimate of drug-likeness (QED) is 0.543. The van der Waals surface area contributed by atoms with Crippen molar-refractivity contribution in [3.05, 3.63) is 59.3 Å². The molecule has 2 aromatic heterocycles. The first-order valence-electron chi connectivity index (χ1n) is 11.9. The molecule has 1 saturated heterocycles. The zero-order valence-electron chi connectivity index (χ0n) is 20.4. The van der Waals surface area contributed by atoms with Gasteiger partial charge in [0.1, 0.15) is 23.9 Å². The highest BCUT2D eigenvalue weighted by atomic mass is 19.1. The number of anilines is 1. The molecule has 0 bridgehead atoms. The summed E-state index contributed by atoms with van der Waals surface area (Å²) in [5, 5.41) is 9.57. The smallest absolute Gasteiger partial charge is 0.341 e. The normalized spacial score (nSPS) is 17.4. The highest BCUT2D eigenvalue weighted by molar-refractivity contribution is 5.79. The minimum atomic E-state index is -0.720. The van der Waals surface area contributed by atoms with Crippen LogP contribution in [-0.2, 0) is 11.3 Å². The van der Waals surface area contributed by atoms with Gasteiger partial charge in [0.25, 0.3) is 0 Å². The lowest BCUT2D eigenvalue weighted by Crippen LogP contribution is -2.52. The van der Waals surface area contributed by atoms with Crippen LogP contribution < -0.4 is 10.6 Å². The molecule has 0 saturated carbocycles. The summed E-state index contributed by atoms with van der Waals surface area (Å²) in [6.07, 6.45) is 4.46. The van der Waals surface area contributed by atoms with Crippen LogP contribution in [0.3, 0.4) is 0 Å². The molecule has 0 radical (unpaired) electrons. The predicted molar refractivity (Wildman–Crippen MR) is 130 cm³/mol. The molecule has 0 spiro atoms. The monoisotopic (exact) mass is 527 g/mol. The highest BCUT2D eigenvalue weighted by Crippen LogP contribution is 2.31. The number of hydrogen-bond acceptors (Lipinski definition) is 7.